The van der Waals surface area contributed by atoms with E-state index in [4.69, 9.17) is 0 Å². The molecule has 0 atom stereocenters. The largest absolute Gasteiger partial charge is 0.357 e. The van der Waals surface area contributed by atoms with Crippen molar-refractivity contribution < 1.29 is 0 Å². The number of benzene rings is 1. The lowest BCUT2D eigenvalue weighted by Crippen LogP contribution is -2.00. The first-order valence-electron chi connectivity index (χ1n) is 6.56. The maximum Gasteiger partial charge on any atom is 0.224 e. The van der Waals surface area contributed by atoms with Crippen LogP contribution in [0.5, 0.6) is 0 Å². The summed E-state index contributed by atoms with van der Waals surface area (Å²) in [6.07, 6.45) is 0. The van der Waals surface area contributed by atoms with Crippen molar-refractivity contribution >= 4 is 5.95 Å². The molecule has 0 spiro atoms. The maximum atomic E-state index is 4.50. The lowest BCUT2D eigenvalue weighted by Gasteiger charge is -2.06. The van der Waals surface area contributed by atoms with Gasteiger partial charge in [0, 0.05) is 19.7 Å². The molecule has 0 aliphatic carbocycles. The van der Waals surface area contributed by atoms with Crippen molar-refractivity contribution in [2.75, 3.05) is 19.4 Å². The first kappa shape index (κ1) is 18.6. The van der Waals surface area contributed by atoms with Gasteiger partial charge >= 0.3 is 0 Å². The van der Waals surface area contributed by atoms with E-state index in [-0.39, 0.29) is 0 Å². The summed E-state index contributed by atoms with van der Waals surface area (Å²) in [5.41, 5.74) is 10.4. The highest BCUT2D eigenvalue weighted by Gasteiger charge is 2.11. The van der Waals surface area contributed by atoms with E-state index >= 15 is 0 Å². The third-order valence-corrected chi connectivity index (χ3v) is 2.72. The highest BCUT2D eigenvalue weighted by molar-refractivity contribution is 5.62. The van der Waals surface area contributed by atoms with Crippen molar-refractivity contribution in [3.63, 3.8) is 0 Å². The van der Waals surface area contributed by atoms with E-state index in [1.54, 1.807) is 0 Å². The number of nitrogens with one attached hydrogen (secondary N) is 1. The number of hydrogen-bond donors (Lipinski definition) is 2. The molecule has 0 radical (unpaired) electrons. The van der Waals surface area contributed by atoms with Crippen LogP contribution in [0.15, 0.2) is 37.1 Å². The summed E-state index contributed by atoms with van der Waals surface area (Å²) in [6.45, 7) is 10.4. The molecule has 0 aliphatic heterocycles. The zero-order chi connectivity index (χ0) is 16.4. The molecule has 2 aromatic rings. The van der Waals surface area contributed by atoms with E-state index in [0.29, 0.717) is 0 Å². The molecule has 0 saturated carbocycles. The molecule has 0 aliphatic rings. The van der Waals surface area contributed by atoms with Crippen LogP contribution >= 0.6 is 0 Å². The van der Waals surface area contributed by atoms with Gasteiger partial charge in [-0.3, -0.25) is 4.57 Å². The molecule has 0 unspecified atom stereocenters. The Morgan fingerprint density at radius 3 is 2.19 bits per heavy atom. The molecule has 0 saturated heterocycles. The topological polar surface area (TPSA) is 68.8 Å². The van der Waals surface area contributed by atoms with Gasteiger partial charge in [0.1, 0.15) is 0 Å². The number of nitrogens with zero attached hydrogens (tertiary/aromatic N) is 3. The van der Waals surface area contributed by atoms with Crippen molar-refractivity contribution in [3.8, 4) is 11.4 Å². The summed E-state index contributed by atoms with van der Waals surface area (Å²) >= 11 is 0. The standard InChI is InChI=1S/C12H16N4.C3H4.CH5N/c1-8-5-6-10(9(2)7-8)11-14-15-12(13-3)16(11)4;1-3-2;1-2/h5-7H,1-4H3,(H,13,15);1-2H2;2H2,1H3. The molecule has 2 rings (SSSR count). The minimum atomic E-state index is 0.773. The highest BCUT2D eigenvalue weighted by Crippen LogP contribution is 2.23. The molecule has 5 heteroatoms. The summed E-state index contributed by atoms with van der Waals surface area (Å²) in [5.74, 6) is 1.66. The smallest absolute Gasteiger partial charge is 0.224 e. The van der Waals surface area contributed by atoms with Crippen molar-refractivity contribution in [2.24, 2.45) is 12.8 Å². The van der Waals surface area contributed by atoms with E-state index in [0.717, 1.165) is 17.3 Å². The second-order valence-corrected chi connectivity index (χ2v) is 4.22. The Bertz CT molecular complexity index is 593. The van der Waals surface area contributed by atoms with Crippen LogP contribution in [0.1, 0.15) is 11.1 Å². The van der Waals surface area contributed by atoms with Gasteiger partial charge in [0.05, 0.1) is 0 Å². The van der Waals surface area contributed by atoms with Gasteiger partial charge < -0.3 is 11.1 Å². The van der Waals surface area contributed by atoms with Gasteiger partial charge in [0.15, 0.2) is 5.82 Å². The Morgan fingerprint density at radius 2 is 1.76 bits per heavy atom. The van der Waals surface area contributed by atoms with Crippen LogP contribution in [0.2, 0.25) is 0 Å². The zero-order valence-corrected chi connectivity index (χ0v) is 13.6. The summed E-state index contributed by atoms with van der Waals surface area (Å²) in [7, 11) is 5.30. The number of aromatic nitrogens is 3. The SMILES string of the molecule is C=C=C.CN.CNc1nnc(-c2ccc(C)cc2C)n1C. The van der Waals surface area contributed by atoms with Crippen molar-refractivity contribution in [1.29, 1.82) is 0 Å². The molecule has 1 aromatic heterocycles. The number of hydrogen-bond acceptors (Lipinski definition) is 4. The third-order valence-electron chi connectivity index (χ3n) is 2.72. The number of nitrogens with two attached hydrogens (primary N) is 1. The first-order valence-corrected chi connectivity index (χ1v) is 6.56. The lowest BCUT2D eigenvalue weighted by molar-refractivity contribution is 0.923. The molecule has 5 nitrogen and oxygen atoms in total. The van der Waals surface area contributed by atoms with Gasteiger partial charge in [-0.15, -0.1) is 15.9 Å². The van der Waals surface area contributed by atoms with Crippen LogP contribution in [0.25, 0.3) is 11.4 Å². The Hall–Kier alpha value is -2.36. The van der Waals surface area contributed by atoms with Crippen LogP contribution in [-0.2, 0) is 7.05 Å². The number of rotatable bonds is 2. The van der Waals surface area contributed by atoms with Gasteiger partial charge in [-0.25, -0.2) is 0 Å². The molecule has 0 amide bonds. The summed E-state index contributed by atoms with van der Waals surface area (Å²) in [5, 5.41) is 11.3. The van der Waals surface area contributed by atoms with Crippen LogP contribution in [0.3, 0.4) is 0 Å². The molecule has 0 bridgehead atoms. The van der Waals surface area contributed by atoms with Crippen molar-refractivity contribution in [2.45, 2.75) is 13.8 Å². The molecule has 114 valence electrons. The fraction of sp³-hybridized carbons (Fsp3) is 0.312. The van der Waals surface area contributed by atoms with E-state index in [1.165, 1.54) is 18.2 Å². The first-order chi connectivity index (χ1) is 10.0. The predicted molar refractivity (Wildman–Crippen MR) is 90.3 cm³/mol. The molecular weight excluding hydrogens is 262 g/mol. The summed E-state index contributed by atoms with van der Waals surface area (Å²) in [4.78, 5) is 0. The van der Waals surface area contributed by atoms with Crippen LogP contribution in [-0.4, -0.2) is 28.9 Å². The molecular formula is C16H25N5. The van der Waals surface area contributed by atoms with Crippen LogP contribution in [0.4, 0.5) is 5.95 Å². The zero-order valence-electron chi connectivity index (χ0n) is 13.6. The number of aryl methyl sites for hydroxylation is 2. The van der Waals surface area contributed by atoms with Gasteiger partial charge in [-0.2, -0.15) is 0 Å². The second kappa shape index (κ2) is 9.53. The Balaban J connectivity index is 0.000000713. The maximum absolute atomic E-state index is 4.50. The lowest BCUT2D eigenvalue weighted by atomic mass is 10.1. The molecule has 0 fully saturated rings. The van der Waals surface area contributed by atoms with E-state index < -0.39 is 0 Å². The Kier molecular flexibility index (Phi) is 8.46. The third kappa shape index (κ3) is 4.91. The van der Waals surface area contributed by atoms with Crippen LogP contribution in [0, 0.1) is 13.8 Å². The Labute approximate surface area is 127 Å². The minimum absolute atomic E-state index is 0.773. The fourth-order valence-electron chi connectivity index (χ4n) is 1.85. The van der Waals surface area contributed by atoms with E-state index in [9.17, 15) is 0 Å². The Morgan fingerprint density at radius 1 is 1.19 bits per heavy atom. The average Bonchev–Trinajstić information content (AvgIpc) is 2.83. The molecule has 1 heterocycles. The van der Waals surface area contributed by atoms with Gasteiger partial charge in [0.2, 0.25) is 5.95 Å². The highest BCUT2D eigenvalue weighted by atomic mass is 15.3. The monoisotopic (exact) mass is 287 g/mol. The second-order valence-electron chi connectivity index (χ2n) is 4.22. The van der Waals surface area contributed by atoms with Gasteiger partial charge in [-0.05, 0) is 26.5 Å². The fourth-order valence-corrected chi connectivity index (χ4v) is 1.85. The molecule has 1 aromatic carbocycles. The normalized spacial score (nSPS) is 8.67. The summed E-state index contributed by atoms with van der Waals surface area (Å²) in [6, 6.07) is 6.34. The average molecular weight is 287 g/mol. The van der Waals surface area contributed by atoms with Crippen molar-refractivity contribution in [3.05, 3.63) is 48.2 Å². The molecule has 3 N–H and O–H groups in total. The van der Waals surface area contributed by atoms with Gasteiger partial charge in [-0.1, -0.05) is 36.9 Å². The predicted octanol–water partition coefficient (Wildman–Crippen LogP) is 2.67. The number of anilines is 1. The summed E-state index contributed by atoms with van der Waals surface area (Å²) < 4.78 is 1.96. The van der Waals surface area contributed by atoms with E-state index in [1.807, 2.05) is 18.7 Å². The quantitative estimate of drug-likeness (QED) is 0.833. The van der Waals surface area contributed by atoms with E-state index in [2.05, 4.69) is 72.2 Å². The minimum Gasteiger partial charge on any atom is -0.357 e. The van der Waals surface area contributed by atoms with Crippen molar-refractivity contribution in [1.82, 2.24) is 14.8 Å². The molecule has 21 heavy (non-hydrogen) atoms. The van der Waals surface area contributed by atoms with Crippen LogP contribution < -0.4 is 11.1 Å². The van der Waals surface area contributed by atoms with Gasteiger partial charge in [0.25, 0.3) is 0 Å².